The van der Waals surface area contributed by atoms with E-state index < -0.39 is 10.0 Å². The number of rotatable bonds is 11. The van der Waals surface area contributed by atoms with Gasteiger partial charge in [0.05, 0.1) is 19.1 Å². The molecule has 3 rings (SSSR count). The van der Waals surface area contributed by atoms with Gasteiger partial charge in [0.25, 0.3) is 0 Å². The van der Waals surface area contributed by atoms with Gasteiger partial charge in [0.1, 0.15) is 18.1 Å². The molecule has 1 amide bonds. The van der Waals surface area contributed by atoms with Gasteiger partial charge in [0.2, 0.25) is 15.9 Å². The van der Waals surface area contributed by atoms with E-state index >= 15 is 0 Å². The third-order valence-electron chi connectivity index (χ3n) is 4.91. The Kier molecular flexibility index (Phi) is 8.32. The fourth-order valence-corrected chi connectivity index (χ4v) is 4.18. The summed E-state index contributed by atoms with van der Waals surface area (Å²) in [6, 6.07) is 23.8. The highest BCUT2D eigenvalue weighted by atomic mass is 32.2. The number of carbonyl (C=O) groups is 1. The normalized spacial score (nSPS) is 11.0. The Hall–Kier alpha value is -3.52. The Morgan fingerprint density at radius 2 is 1.55 bits per heavy atom. The molecular formula is C25H28N2O5S. The Labute approximate surface area is 195 Å². The van der Waals surface area contributed by atoms with Crippen molar-refractivity contribution in [3.8, 4) is 11.5 Å². The van der Waals surface area contributed by atoms with Gasteiger partial charge in [-0.2, -0.15) is 0 Å². The predicted molar refractivity (Wildman–Crippen MR) is 130 cm³/mol. The van der Waals surface area contributed by atoms with E-state index in [1.807, 2.05) is 30.3 Å². The Morgan fingerprint density at radius 1 is 0.909 bits per heavy atom. The molecule has 0 fully saturated rings. The molecule has 0 atom stereocenters. The number of nitrogens with one attached hydrogen (secondary N) is 1. The Bertz CT molecular complexity index is 1130. The summed E-state index contributed by atoms with van der Waals surface area (Å²) < 4.78 is 36.6. The van der Waals surface area contributed by atoms with E-state index in [1.54, 1.807) is 55.6 Å². The van der Waals surface area contributed by atoms with Crippen molar-refractivity contribution in [2.24, 2.45) is 0 Å². The van der Waals surface area contributed by atoms with Gasteiger partial charge >= 0.3 is 0 Å². The second kappa shape index (κ2) is 11.4. The fourth-order valence-electron chi connectivity index (χ4n) is 3.22. The van der Waals surface area contributed by atoms with Crippen molar-refractivity contribution >= 4 is 27.3 Å². The standard InChI is InChI=1S/C25H28N2O5S/c1-31-23-16-12-22(13-17-23)27(33(2,29)30)18-6-9-25(28)26-21-10-14-24(15-11-21)32-19-20-7-4-3-5-8-20/h3-5,7-8,10-17H,6,9,18-19H2,1-2H3,(H,26,28). The summed E-state index contributed by atoms with van der Waals surface area (Å²) in [5.41, 5.74) is 2.26. The van der Waals surface area contributed by atoms with Gasteiger partial charge in [-0.05, 0) is 60.5 Å². The lowest BCUT2D eigenvalue weighted by Gasteiger charge is -2.22. The summed E-state index contributed by atoms with van der Waals surface area (Å²) in [7, 11) is -1.93. The smallest absolute Gasteiger partial charge is 0.232 e. The number of ether oxygens (including phenoxy) is 2. The topological polar surface area (TPSA) is 84.9 Å². The molecular weight excluding hydrogens is 440 g/mol. The first kappa shape index (κ1) is 24.1. The van der Waals surface area contributed by atoms with Crippen molar-refractivity contribution < 1.29 is 22.7 Å². The molecule has 0 spiro atoms. The van der Waals surface area contributed by atoms with Gasteiger partial charge in [-0.25, -0.2) is 8.42 Å². The number of carbonyl (C=O) groups excluding carboxylic acids is 1. The largest absolute Gasteiger partial charge is 0.497 e. The molecule has 0 aliphatic rings. The molecule has 0 aromatic heterocycles. The second-order valence-electron chi connectivity index (χ2n) is 7.48. The van der Waals surface area contributed by atoms with Crippen LogP contribution in [0.2, 0.25) is 0 Å². The number of nitrogens with zero attached hydrogens (tertiary/aromatic N) is 1. The lowest BCUT2D eigenvalue weighted by atomic mass is 10.2. The summed E-state index contributed by atoms with van der Waals surface area (Å²) in [4.78, 5) is 12.3. The average Bonchev–Trinajstić information content (AvgIpc) is 2.81. The van der Waals surface area contributed by atoms with Crippen LogP contribution in [-0.2, 0) is 21.4 Å². The monoisotopic (exact) mass is 468 g/mol. The second-order valence-corrected chi connectivity index (χ2v) is 9.39. The lowest BCUT2D eigenvalue weighted by molar-refractivity contribution is -0.116. The third kappa shape index (κ3) is 7.54. The summed E-state index contributed by atoms with van der Waals surface area (Å²) in [5.74, 6) is 1.17. The zero-order valence-corrected chi connectivity index (χ0v) is 19.5. The number of anilines is 2. The molecule has 0 saturated heterocycles. The highest BCUT2D eigenvalue weighted by Gasteiger charge is 2.17. The molecule has 0 aliphatic carbocycles. The minimum atomic E-state index is -3.48. The van der Waals surface area contributed by atoms with Crippen molar-refractivity contribution in [1.29, 1.82) is 0 Å². The maximum Gasteiger partial charge on any atom is 0.232 e. The zero-order chi connectivity index (χ0) is 23.7. The first-order chi connectivity index (χ1) is 15.8. The number of hydrogen-bond acceptors (Lipinski definition) is 5. The highest BCUT2D eigenvalue weighted by Crippen LogP contribution is 2.22. The van der Waals surface area contributed by atoms with E-state index in [4.69, 9.17) is 9.47 Å². The molecule has 0 unspecified atom stereocenters. The van der Waals surface area contributed by atoms with Gasteiger partial charge in [0.15, 0.2) is 0 Å². The van der Waals surface area contributed by atoms with Gasteiger partial charge in [0, 0.05) is 18.7 Å². The molecule has 1 N–H and O–H groups in total. The van der Waals surface area contributed by atoms with Gasteiger partial charge in [-0.15, -0.1) is 0 Å². The van der Waals surface area contributed by atoms with Crippen molar-refractivity contribution in [1.82, 2.24) is 0 Å². The van der Waals surface area contributed by atoms with Crippen molar-refractivity contribution in [3.05, 3.63) is 84.4 Å². The maximum absolute atomic E-state index is 12.3. The first-order valence-electron chi connectivity index (χ1n) is 10.5. The lowest BCUT2D eigenvalue weighted by Crippen LogP contribution is -2.31. The molecule has 3 aromatic carbocycles. The predicted octanol–water partition coefficient (Wildman–Crippen LogP) is 4.46. The highest BCUT2D eigenvalue weighted by molar-refractivity contribution is 7.92. The van der Waals surface area contributed by atoms with E-state index in [0.29, 0.717) is 35.9 Å². The van der Waals surface area contributed by atoms with E-state index in [2.05, 4.69) is 5.32 Å². The number of methoxy groups -OCH3 is 1. The molecule has 33 heavy (non-hydrogen) atoms. The molecule has 7 nitrogen and oxygen atoms in total. The molecule has 0 aliphatic heterocycles. The SMILES string of the molecule is COc1ccc(N(CCCC(=O)Nc2ccc(OCc3ccccc3)cc2)S(C)(=O)=O)cc1. The maximum atomic E-state index is 12.3. The average molecular weight is 469 g/mol. The van der Waals surface area contributed by atoms with E-state index in [1.165, 1.54) is 4.31 Å². The zero-order valence-electron chi connectivity index (χ0n) is 18.7. The van der Waals surface area contributed by atoms with Gasteiger partial charge in [-0.1, -0.05) is 30.3 Å². The van der Waals surface area contributed by atoms with Crippen molar-refractivity contribution in [3.63, 3.8) is 0 Å². The summed E-state index contributed by atoms with van der Waals surface area (Å²) in [6.07, 6.45) is 1.72. The molecule has 0 radical (unpaired) electrons. The third-order valence-corrected chi connectivity index (χ3v) is 6.11. The molecule has 174 valence electrons. The van der Waals surface area contributed by atoms with E-state index in [-0.39, 0.29) is 18.9 Å². The molecule has 0 saturated carbocycles. The van der Waals surface area contributed by atoms with Gasteiger partial charge < -0.3 is 14.8 Å². The van der Waals surface area contributed by atoms with Crippen LogP contribution in [0, 0.1) is 0 Å². The minimum Gasteiger partial charge on any atom is -0.497 e. The van der Waals surface area contributed by atoms with Crippen LogP contribution < -0.4 is 19.1 Å². The summed E-state index contributed by atoms with van der Waals surface area (Å²) in [6.45, 7) is 0.669. The van der Waals surface area contributed by atoms with E-state index in [9.17, 15) is 13.2 Å². The minimum absolute atomic E-state index is 0.184. The number of sulfonamides is 1. The number of hydrogen-bond donors (Lipinski definition) is 1. The van der Waals surface area contributed by atoms with Crippen LogP contribution in [0.1, 0.15) is 18.4 Å². The van der Waals surface area contributed by atoms with Crippen LogP contribution in [0.3, 0.4) is 0 Å². The van der Waals surface area contributed by atoms with Crippen molar-refractivity contribution in [2.75, 3.05) is 29.5 Å². The van der Waals surface area contributed by atoms with Crippen LogP contribution in [0.5, 0.6) is 11.5 Å². The molecule has 8 heteroatoms. The molecule has 3 aromatic rings. The number of benzene rings is 3. The van der Waals surface area contributed by atoms with E-state index in [0.717, 1.165) is 11.8 Å². The van der Waals surface area contributed by atoms with Crippen LogP contribution in [0.25, 0.3) is 0 Å². The fraction of sp³-hybridized carbons (Fsp3) is 0.240. The Balaban J connectivity index is 1.48. The summed E-state index contributed by atoms with van der Waals surface area (Å²) >= 11 is 0. The first-order valence-corrected chi connectivity index (χ1v) is 12.4. The van der Waals surface area contributed by atoms with Crippen LogP contribution in [-0.4, -0.2) is 34.2 Å². The Morgan fingerprint density at radius 3 is 2.15 bits per heavy atom. The quantitative estimate of drug-likeness (QED) is 0.449. The van der Waals surface area contributed by atoms with Crippen LogP contribution in [0.15, 0.2) is 78.9 Å². The van der Waals surface area contributed by atoms with Gasteiger partial charge in [-0.3, -0.25) is 9.10 Å². The number of amides is 1. The van der Waals surface area contributed by atoms with Crippen molar-refractivity contribution in [2.45, 2.75) is 19.4 Å². The van der Waals surface area contributed by atoms with Crippen LogP contribution >= 0.6 is 0 Å². The summed E-state index contributed by atoms with van der Waals surface area (Å²) in [5, 5.41) is 2.83. The molecule has 0 bridgehead atoms. The molecule has 0 heterocycles. The van der Waals surface area contributed by atoms with Crippen LogP contribution in [0.4, 0.5) is 11.4 Å².